The number of halogens is 1. The number of nitrogens with one attached hydrogen (secondary N) is 1. The van der Waals surface area contributed by atoms with Crippen LogP contribution < -0.4 is 5.32 Å². The molecular weight excluding hydrogens is 328 g/mol. The summed E-state index contributed by atoms with van der Waals surface area (Å²) in [6, 6.07) is 5.86. The third-order valence-corrected chi connectivity index (χ3v) is 4.26. The predicted octanol–water partition coefficient (Wildman–Crippen LogP) is 3.70. The molecule has 0 bridgehead atoms. The molecule has 128 valence electrons. The first kappa shape index (κ1) is 16.8. The molecule has 6 nitrogen and oxygen atoms in total. The number of likely N-dealkylation sites (tertiary alicyclic amines) is 1. The number of carbonyl (C=O) groups is 1. The molecule has 0 aliphatic carbocycles. The molecule has 1 saturated heterocycles. The van der Waals surface area contributed by atoms with Crippen molar-refractivity contribution in [3.8, 4) is 0 Å². The van der Waals surface area contributed by atoms with Crippen LogP contribution in [0.4, 0.5) is 10.6 Å². The number of piperidine rings is 1. The summed E-state index contributed by atoms with van der Waals surface area (Å²) >= 11 is 6.01. The lowest BCUT2D eigenvalue weighted by Crippen LogP contribution is -2.43. The molecule has 0 radical (unpaired) electrons. The fraction of sp³-hybridized carbons (Fsp3) is 0.471. The molecule has 0 spiro atoms. The van der Waals surface area contributed by atoms with E-state index in [1.54, 1.807) is 4.90 Å². The van der Waals surface area contributed by atoms with Gasteiger partial charge >= 0.3 is 6.09 Å². The van der Waals surface area contributed by atoms with Crippen LogP contribution in [0.3, 0.4) is 0 Å². The zero-order valence-corrected chi connectivity index (χ0v) is 14.6. The number of ether oxygens (including phenoxy) is 1. The summed E-state index contributed by atoms with van der Waals surface area (Å²) in [5.41, 5.74) is 0.818. The number of hydrogen-bond donors (Lipinski definition) is 1. The van der Waals surface area contributed by atoms with Crippen LogP contribution >= 0.6 is 11.6 Å². The van der Waals surface area contributed by atoms with Gasteiger partial charge in [0, 0.05) is 29.5 Å². The highest BCUT2D eigenvalue weighted by Gasteiger charge is 2.24. The van der Waals surface area contributed by atoms with Gasteiger partial charge < -0.3 is 15.0 Å². The van der Waals surface area contributed by atoms with Crippen LogP contribution in [-0.2, 0) is 4.74 Å². The fourth-order valence-corrected chi connectivity index (χ4v) is 2.99. The first-order chi connectivity index (χ1) is 11.5. The summed E-state index contributed by atoms with van der Waals surface area (Å²) in [6.45, 7) is 5.08. The zero-order valence-electron chi connectivity index (χ0n) is 13.8. The molecule has 2 heterocycles. The molecule has 2 aromatic rings. The molecule has 3 rings (SSSR count). The van der Waals surface area contributed by atoms with Crippen molar-refractivity contribution in [2.45, 2.75) is 38.8 Å². The average Bonchev–Trinajstić information content (AvgIpc) is 2.55. The van der Waals surface area contributed by atoms with Crippen LogP contribution in [0.25, 0.3) is 10.9 Å². The number of fused-ring (bicyclic) bond motifs is 1. The lowest BCUT2D eigenvalue weighted by Gasteiger charge is -2.32. The molecule has 1 aliphatic heterocycles. The van der Waals surface area contributed by atoms with Crippen LogP contribution in [0, 0.1) is 0 Å². The van der Waals surface area contributed by atoms with Gasteiger partial charge in [0.25, 0.3) is 0 Å². The van der Waals surface area contributed by atoms with Gasteiger partial charge in [0.05, 0.1) is 11.6 Å². The van der Waals surface area contributed by atoms with E-state index in [2.05, 4.69) is 15.3 Å². The smallest absolute Gasteiger partial charge is 0.410 e. The summed E-state index contributed by atoms with van der Waals surface area (Å²) in [5.74, 6) is 0.805. The molecule has 1 N–H and O–H groups in total. The van der Waals surface area contributed by atoms with Crippen molar-refractivity contribution in [1.29, 1.82) is 0 Å². The summed E-state index contributed by atoms with van der Waals surface area (Å²) in [4.78, 5) is 22.3. The number of carbonyl (C=O) groups excluding carboxylic acids is 1. The van der Waals surface area contributed by atoms with Crippen LogP contribution in [0.2, 0.25) is 5.02 Å². The maximum Gasteiger partial charge on any atom is 0.410 e. The molecular formula is C17H21ClN4O2. The van der Waals surface area contributed by atoms with Gasteiger partial charge in [-0.05, 0) is 44.9 Å². The van der Waals surface area contributed by atoms with Gasteiger partial charge in [-0.2, -0.15) is 0 Å². The summed E-state index contributed by atoms with van der Waals surface area (Å²) < 4.78 is 5.25. The number of hydrogen-bond acceptors (Lipinski definition) is 5. The lowest BCUT2D eigenvalue weighted by atomic mass is 10.1. The van der Waals surface area contributed by atoms with Gasteiger partial charge in [-0.3, -0.25) is 0 Å². The number of rotatable bonds is 3. The monoisotopic (exact) mass is 348 g/mol. The molecule has 7 heteroatoms. The molecule has 1 fully saturated rings. The van der Waals surface area contributed by atoms with Crippen LogP contribution in [0.5, 0.6) is 0 Å². The number of benzene rings is 1. The van der Waals surface area contributed by atoms with E-state index in [0.29, 0.717) is 18.1 Å². The molecule has 1 aromatic heterocycles. The Morgan fingerprint density at radius 2 is 2.08 bits per heavy atom. The Balaban J connectivity index is 1.63. The van der Waals surface area contributed by atoms with Gasteiger partial charge in [-0.15, -0.1) is 0 Å². The Hall–Kier alpha value is -2.08. The third kappa shape index (κ3) is 3.87. The summed E-state index contributed by atoms with van der Waals surface area (Å²) in [5, 5.41) is 5.07. The van der Waals surface area contributed by atoms with Gasteiger partial charge in [-0.25, -0.2) is 14.8 Å². The lowest BCUT2D eigenvalue weighted by molar-refractivity contribution is 0.0701. The van der Waals surface area contributed by atoms with Crippen molar-refractivity contribution < 1.29 is 9.53 Å². The minimum absolute atomic E-state index is 0.0902. The van der Waals surface area contributed by atoms with E-state index in [1.807, 2.05) is 32.0 Å². The van der Waals surface area contributed by atoms with Crippen molar-refractivity contribution in [3.05, 3.63) is 29.5 Å². The molecule has 1 amide bonds. The third-order valence-electron chi connectivity index (χ3n) is 4.03. The van der Waals surface area contributed by atoms with Crippen molar-refractivity contribution in [3.63, 3.8) is 0 Å². The Labute approximate surface area is 146 Å². The molecule has 0 saturated carbocycles. The fourth-order valence-electron chi connectivity index (χ4n) is 2.82. The highest BCUT2D eigenvalue weighted by molar-refractivity contribution is 6.31. The van der Waals surface area contributed by atoms with E-state index >= 15 is 0 Å². The quantitative estimate of drug-likeness (QED) is 0.915. The molecule has 0 unspecified atom stereocenters. The zero-order chi connectivity index (χ0) is 17.1. The largest absolute Gasteiger partial charge is 0.447 e. The van der Waals surface area contributed by atoms with Crippen molar-refractivity contribution in [1.82, 2.24) is 14.9 Å². The topological polar surface area (TPSA) is 67.3 Å². The predicted molar refractivity (Wildman–Crippen MR) is 94.4 cm³/mol. The molecule has 24 heavy (non-hydrogen) atoms. The maximum absolute atomic E-state index is 11.9. The first-order valence-corrected chi connectivity index (χ1v) is 8.53. The Bertz CT molecular complexity index is 730. The molecule has 1 aromatic carbocycles. The molecule has 0 atom stereocenters. The van der Waals surface area contributed by atoms with E-state index in [4.69, 9.17) is 16.3 Å². The highest BCUT2D eigenvalue weighted by atomic mass is 35.5. The van der Waals surface area contributed by atoms with Crippen molar-refractivity contribution in [2.75, 3.05) is 18.4 Å². The van der Waals surface area contributed by atoms with Gasteiger partial charge in [0.2, 0.25) is 0 Å². The SMILES string of the molecule is CC(C)OC(=O)N1CCC(Nc2ncnc3cc(Cl)ccc23)CC1. The van der Waals surface area contributed by atoms with E-state index in [9.17, 15) is 4.79 Å². The number of anilines is 1. The number of nitrogens with zero attached hydrogens (tertiary/aromatic N) is 3. The van der Waals surface area contributed by atoms with E-state index in [-0.39, 0.29) is 18.2 Å². The Morgan fingerprint density at radius 1 is 1.33 bits per heavy atom. The maximum atomic E-state index is 11.9. The van der Waals surface area contributed by atoms with E-state index < -0.39 is 0 Å². The standard InChI is InChI=1S/C17H21ClN4O2/c1-11(2)24-17(23)22-7-5-13(6-8-22)21-16-14-4-3-12(18)9-15(14)19-10-20-16/h3-4,9-11,13H,5-8H2,1-2H3,(H,19,20,21). The van der Waals surface area contributed by atoms with Crippen molar-refractivity contribution >= 4 is 34.4 Å². The molecule has 1 aliphatic rings. The van der Waals surface area contributed by atoms with Crippen LogP contribution in [0.1, 0.15) is 26.7 Å². The second-order valence-corrected chi connectivity index (χ2v) is 6.66. The van der Waals surface area contributed by atoms with E-state index in [1.165, 1.54) is 6.33 Å². The van der Waals surface area contributed by atoms with E-state index in [0.717, 1.165) is 29.6 Å². The minimum atomic E-state index is -0.231. The number of amides is 1. The second-order valence-electron chi connectivity index (χ2n) is 6.22. The van der Waals surface area contributed by atoms with Crippen LogP contribution in [0.15, 0.2) is 24.5 Å². The van der Waals surface area contributed by atoms with Gasteiger partial charge in [0.15, 0.2) is 0 Å². The van der Waals surface area contributed by atoms with Crippen LogP contribution in [-0.4, -0.2) is 46.2 Å². The minimum Gasteiger partial charge on any atom is -0.447 e. The first-order valence-electron chi connectivity index (χ1n) is 8.15. The van der Waals surface area contributed by atoms with Gasteiger partial charge in [-0.1, -0.05) is 11.6 Å². The second kappa shape index (κ2) is 7.21. The van der Waals surface area contributed by atoms with Crippen molar-refractivity contribution in [2.24, 2.45) is 0 Å². The van der Waals surface area contributed by atoms with Gasteiger partial charge in [0.1, 0.15) is 12.1 Å². The Kier molecular flexibility index (Phi) is 5.04. The Morgan fingerprint density at radius 3 is 2.79 bits per heavy atom. The summed E-state index contributed by atoms with van der Waals surface area (Å²) in [6.07, 6.45) is 2.92. The summed E-state index contributed by atoms with van der Waals surface area (Å²) in [7, 11) is 0. The highest BCUT2D eigenvalue weighted by Crippen LogP contribution is 2.24. The normalized spacial score (nSPS) is 15.8. The average molecular weight is 349 g/mol. The number of aromatic nitrogens is 2.